The lowest BCUT2D eigenvalue weighted by Gasteiger charge is -2.14. The number of amides is 1. The first-order valence-corrected chi connectivity index (χ1v) is 10.4. The molecule has 0 atom stereocenters. The molecule has 0 aliphatic heterocycles. The van der Waals surface area contributed by atoms with Gasteiger partial charge in [-0.15, -0.1) is 11.3 Å². The van der Waals surface area contributed by atoms with Crippen LogP contribution < -0.4 is 5.32 Å². The number of aromatic carboxylic acids is 1. The minimum absolute atomic E-state index is 0.0324. The van der Waals surface area contributed by atoms with Gasteiger partial charge in [0.1, 0.15) is 11.5 Å². The van der Waals surface area contributed by atoms with E-state index >= 15 is 0 Å². The molecule has 4 rings (SSSR count). The van der Waals surface area contributed by atoms with Gasteiger partial charge in [0.25, 0.3) is 0 Å². The zero-order valence-electron chi connectivity index (χ0n) is 16.1. The number of alkyl carbamates (subject to hydrolysis) is 1. The average molecular weight is 417 g/mol. The Morgan fingerprint density at radius 3 is 2.37 bits per heavy atom. The predicted molar refractivity (Wildman–Crippen MR) is 116 cm³/mol. The lowest BCUT2D eigenvalue weighted by molar-refractivity contribution is 0.0702. The van der Waals surface area contributed by atoms with Crippen LogP contribution in [-0.2, 0) is 4.74 Å². The third kappa shape index (κ3) is 4.22. The van der Waals surface area contributed by atoms with Crippen LogP contribution in [0.5, 0.6) is 0 Å². The molecule has 0 bridgehead atoms. The van der Waals surface area contributed by atoms with Crippen LogP contribution in [0.1, 0.15) is 38.7 Å². The van der Waals surface area contributed by atoms with Crippen molar-refractivity contribution in [1.29, 1.82) is 0 Å². The van der Waals surface area contributed by atoms with Gasteiger partial charge < -0.3 is 15.2 Å². The smallest absolute Gasteiger partial charge is 0.407 e. The molecule has 1 aliphatic rings. The number of hydrogen-bond acceptors (Lipinski definition) is 4. The molecule has 1 aliphatic carbocycles. The molecule has 1 amide bonds. The van der Waals surface area contributed by atoms with Gasteiger partial charge in [-0.2, -0.15) is 0 Å². The Labute approximate surface area is 178 Å². The zero-order chi connectivity index (χ0) is 20.9. The van der Waals surface area contributed by atoms with Gasteiger partial charge in [-0.25, -0.2) is 9.59 Å². The number of carbonyl (C=O) groups excluding carboxylic acids is 1. The highest BCUT2D eigenvalue weighted by Gasteiger charge is 2.28. The van der Waals surface area contributed by atoms with Gasteiger partial charge in [0.05, 0.1) is 0 Å². The SMILES string of the molecule is O=C(NCCC#Cc1csc(C(=O)O)c1)OCC1c2ccccc2-c2ccccc21. The van der Waals surface area contributed by atoms with Crippen molar-refractivity contribution in [3.05, 3.63) is 81.5 Å². The molecule has 0 unspecified atom stereocenters. The second kappa shape index (κ2) is 8.85. The van der Waals surface area contributed by atoms with Crippen molar-refractivity contribution in [3.8, 4) is 23.0 Å². The highest BCUT2D eigenvalue weighted by molar-refractivity contribution is 7.12. The first-order chi connectivity index (χ1) is 14.6. The summed E-state index contributed by atoms with van der Waals surface area (Å²) in [7, 11) is 0. The third-order valence-electron chi connectivity index (χ3n) is 4.91. The van der Waals surface area contributed by atoms with Gasteiger partial charge in [0.2, 0.25) is 0 Å². The Kier molecular flexibility index (Phi) is 5.82. The van der Waals surface area contributed by atoms with Crippen molar-refractivity contribution in [2.75, 3.05) is 13.2 Å². The van der Waals surface area contributed by atoms with E-state index in [4.69, 9.17) is 9.84 Å². The van der Waals surface area contributed by atoms with Crippen LogP contribution in [0.25, 0.3) is 11.1 Å². The Morgan fingerprint density at radius 1 is 1.07 bits per heavy atom. The monoisotopic (exact) mass is 417 g/mol. The molecule has 0 radical (unpaired) electrons. The van der Waals surface area contributed by atoms with Crippen LogP contribution in [0.2, 0.25) is 0 Å². The van der Waals surface area contributed by atoms with Crippen LogP contribution in [0, 0.1) is 11.8 Å². The number of carboxylic acids is 1. The molecule has 150 valence electrons. The van der Waals surface area contributed by atoms with E-state index < -0.39 is 12.1 Å². The first-order valence-electron chi connectivity index (χ1n) is 9.53. The van der Waals surface area contributed by atoms with E-state index in [9.17, 15) is 9.59 Å². The number of fused-ring (bicyclic) bond motifs is 3. The van der Waals surface area contributed by atoms with Crippen molar-refractivity contribution in [2.45, 2.75) is 12.3 Å². The minimum atomic E-state index is -0.954. The van der Waals surface area contributed by atoms with E-state index in [0.717, 1.165) is 11.3 Å². The fourth-order valence-electron chi connectivity index (χ4n) is 3.56. The number of ether oxygens (including phenoxy) is 1. The molecule has 0 saturated carbocycles. The van der Waals surface area contributed by atoms with E-state index in [-0.39, 0.29) is 17.4 Å². The molecule has 5 nitrogen and oxygen atoms in total. The van der Waals surface area contributed by atoms with Gasteiger partial charge in [-0.1, -0.05) is 60.4 Å². The summed E-state index contributed by atoms with van der Waals surface area (Å²) in [5.74, 6) is 4.90. The number of carbonyl (C=O) groups is 2. The van der Waals surface area contributed by atoms with Gasteiger partial charge in [-0.05, 0) is 28.3 Å². The fraction of sp³-hybridized carbons (Fsp3) is 0.167. The molecular weight excluding hydrogens is 398 g/mol. The Morgan fingerprint density at radius 2 is 1.73 bits per heavy atom. The van der Waals surface area contributed by atoms with Crippen molar-refractivity contribution < 1.29 is 19.4 Å². The molecule has 0 saturated heterocycles. The second-order valence-corrected chi connectivity index (χ2v) is 7.72. The molecular formula is C24H19NO4S. The maximum Gasteiger partial charge on any atom is 0.407 e. The summed E-state index contributed by atoms with van der Waals surface area (Å²) >= 11 is 1.14. The van der Waals surface area contributed by atoms with Gasteiger partial charge in [0, 0.05) is 29.8 Å². The van der Waals surface area contributed by atoms with Crippen LogP contribution in [0.3, 0.4) is 0 Å². The number of rotatable bonds is 5. The topological polar surface area (TPSA) is 75.6 Å². The zero-order valence-corrected chi connectivity index (χ0v) is 16.9. The summed E-state index contributed by atoms with van der Waals surface area (Å²) in [4.78, 5) is 23.2. The fourth-order valence-corrected chi connectivity index (χ4v) is 4.23. The normalized spacial score (nSPS) is 11.7. The van der Waals surface area contributed by atoms with E-state index in [0.29, 0.717) is 18.5 Å². The van der Waals surface area contributed by atoms with E-state index in [2.05, 4.69) is 41.4 Å². The first kappa shape index (κ1) is 19.7. The predicted octanol–water partition coefficient (Wildman–Crippen LogP) is 4.73. The Balaban J connectivity index is 1.28. The molecule has 1 aromatic heterocycles. The van der Waals surface area contributed by atoms with Crippen molar-refractivity contribution in [3.63, 3.8) is 0 Å². The minimum Gasteiger partial charge on any atom is -0.477 e. The van der Waals surface area contributed by atoms with Crippen LogP contribution in [-0.4, -0.2) is 30.3 Å². The van der Waals surface area contributed by atoms with Gasteiger partial charge in [-0.3, -0.25) is 0 Å². The molecule has 2 N–H and O–H groups in total. The Bertz CT molecular complexity index is 1110. The maximum absolute atomic E-state index is 12.1. The number of nitrogens with one attached hydrogen (secondary N) is 1. The maximum atomic E-state index is 12.1. The third-order valence-corrected chi connectivity index (χ3v) is 5.82. The van der Waals surface area contributed by atoms with E-state index in [1.807, 2.05) is 24.3 Å². The average Bonchev–Trinajstić information content (AvgIpc) is 3.35. The summed E-state index contributed by atoms with van der Waals surface area (Å²) in [6.45, 7) is 0.637. The van der Waals surface area contributed by atoms with Crippen LogP contribution in [0.4, 0.5) is 4.79 Å². The highest BCUT2D eigenvalue weighted by Crippen LogP contribution is 2.44. The number of carboxylic acid groups (broad SMARTS) is 1. The van der Waals surface area contributed by atoms with E-state index in [1.54, 1.807) is 11.4 Å². The molecule has 6 heteroatoms. The molecule has 0 spiro atoms. The summed E-state index contributed by atoms with van der Waals surface area (Å²) < 4.78 is 5.47. The highest BCUT2D eigenvalue weighted by atomic mass is 32.1. The largest absolute Gasteiger partial charge is 0.477 e. The molecule has 0 fully saturated rings. The van der Waals surface area contributed by atoms with Crippen molar-refractivity contribution in [2.24, 2.45) is 0 Å². The number of hydrogen-bond donors (Lipinski definition) is 2. The quantitative estimate of drug-likeness (QED) is 0.465. The molecule has 3 aromatic rings. The molecule has 1 heterocycles. The van der Waals surface area contributed by atoms with Crippen LogP contribution in [0.15, 0.2) is 60.0 Å². The van der Waals surface area contributed by atoms with Crippen LogP contribution >= 0.6 is 11.3 Å². The van der Waals surface area contributed by atoms with Gasteiger partial charge in [0.15, 0.2) is 0 Å². The van der Waals surface area contributed by atoms with E-state index in [1.165, 1.54) is 22.3 Å². The molecule has 2 aromatic carbocycles. The summed E-state index contributed by atoms with van der Waals surface area (Å²) in [6.07, 6.45) is -0.0232. The standard InChI is InChI=1S/C24H19NO4S/c26-23(27)22-13-16(15-30-22)7-5-6-12-25-24(28)29-14-21-19-10-3-1-8-17(19)18-9-2-4-11-20(18)21/h1-4,8-11,13,15,21H,6,12,14H2,(H,25,28)(H,26,27). The number of thiophene rings is 1. The summed E-state index contributed by atoms with van der Waals surface area (Å²) in [6, 6.07) is 17.9. The van der Waals surface area contributed by atoms with Crippen molar-refractivity contribution >= 4 is 23.4 Å². The lowest BCUT2D eigenvalue weighted by Crippen LogP contribution is -2.26. The Hall–Kier alpha value is -3.56. The van der Waals surface area contributed by atoms with Crippen molar-refractivity contribution in [1.82, 2.24) is 5.32 Å². The second-order valence-electron chi connectivity index (χ2n) is 6.81. The lowest BCUT2D eigenvalue weighted by atomic mass is 9.98. The molecule has 30 heavy (non-hydrogen) atoms. The number of benzene rings is 2. The summed E-state index contributed by atoms with van der Waals surface area (Å²) in [5, 5.41) is 13.3. The summed E-state index contributed by atoms with van der Waals surface area (Å²) in [5.41, 5.74) is 5.40. The van der Waals surface area contributed by atoms with Gasteiger partial charge >= 0.3 is 12.1 Å².